The molecule has 0 spiro atoms. The van der Waals surface area contributed by atoms with Crippen LogP contribution in [0.5, 0.6) is 11.5 Å². The van der Waals surface area contributed by atoms with E-state index in [1.165, 1.54) is 18.4 Å². The number of nitrogens with zero attached hydrogens (tertiary/aromatic N) is 2. The minimum Gasteiger partial charge on any atom is -0.459 e. The third-order valence-corrected chi connectivity index (χ3v) is 5.93. The van der Waals surface area contributed by atoms with Crippen LogP contribution < -0.4 is 19.7 Å². The second-order valence-corrected chi connectivity index (χ2v) is 7.82. The van der Waals surface area contributed by atoms with Crippen molar-refractivity contribution in [3.63, 3.8) is 0 Å². The highest BCUT2D eigenvalue weighted by Crippen LogP contribution is 2.35. The lowest BCUT2D eigenvalue weighted by Gasteiger charge is -2.40. The fourth-order valence-electron chi connectivity index (χ4n) is 4.21. The maximum Gasteiger partial charge on any atom is 0.287 e. The molecule has 2 aliphatic heterocycles. The molecule has 1 atom stereocenters. The number of fused-ring (bicyclic) bond motifs is 1. The van der Waals surface area contributed by atoms with E-state index in [2.05, 4.69) is 15.1 Å². The van der Waals surface area contributed by atoms with E-state index in [1.54, 1.807) is 12.1 Å². The van der Waals surface area contributed by atoms with E-state index in [0.29, 0.717) is 6.54 Å². The van der Waals surface area contributed by atoms with Crippen molar-refractivity contribution in [2.24, 2.45) is 0 Å². The molecule has 3 heterocycles. The van der Waals surface area contributed by atoms with Crippen molar-refractivity contribution in [1.82, 2.24) is 10.2 Å². The number of rotatable bonds is 6. The Kier molecular flexibility index (Phi) is 5.68. The summed E-state index contributed by atoms with van der Waals surface area (Å²) < 4.78 is 29.5. The molecule has 8 heteroatoms. The number of carbonyl (C=O) groups is 1. The summed E-state index contributed by atoms with van der Waals surface area (Å²) in [6.45, 7) is 3.85. The van der Waals surface area contributed by atoms with Crippen LogP contribution in [0.2, 0.25) is 0 Å². The average Bonchev–Trinajstić information content (AvgIpc) is 3.52. The number of hydrogen-bond donors (Lipinski definition) is 1. The number of furan rings is 1. The van der Waals surface area contributed by atoms with Crippen LogP contribution in [0.15, 0.2) is 65.3 Å². The lowest BCUT2D eigenvalue weighted by Crippen LogP contribution is -2.50. The predicted octanol–water partition coefficient (Wildman–Crippen LogP) is 3.44. The number of amides is 1. The van der Waals surface area contributed by atoms with Gasteiger partial charge in [-0.05, 0) is 54.1 Å². The lowest BCUT2D eigenvalue weighted by atomic mass is 10.0. The SMILES string of the molecule is O=C(NC[C@@H](c1ccc2c(c1)OCO2)N1CCN(c2ccc(F)cc2)CC1)c1ccco1. The van der Waals surface area contributed by atoms with Gasteiger partial charge in [-0.15, -0.1) is 0 Å². The molecule has 1 amide bonds. The number of benzene rings is 2. The smallest absolute Gasteiger partial charge is 0.287 e. The van der Waals surface area contributed by atoms with Crippen molar-refractivity contribution in [3.8, 4) is 11.5 Å². The van der Waals surface area contributed by atoms with Gasteiger partial charge in [0.05, 0.1) is 12.3 Å². The van der Waals surface area contributed by atoms with Crippen molar-refractivity contribution in [1.29, 1.82) is 0 Å². The number of piperazine rings is 1. The molecule has 1 fully saturated rings. The van der Waals surface area contributed by atoms with Gasteiger partial charge < -0.3 is 24.1 Å². The molecule has 2 aromatic carbocycles. The van der Waals surface area contributed by atoms with Gasteiger partial charge in [-0.2, -0.15) is 0 Å². The largest absolute Gasteiger partial charge is 0.459 e. The minimum absolute atomic E-state index is 0.0428. The zero-order valence-corrected chi connectivity index (χ0v) is 17.5. The molecule has 0 bridgehead atoms. The van der Waals surface area contributed by atoms with E-state index < -0.39 is 0 Å². The van der Waals surface area contributed by atoms with Crippen LogP contribution in [0.1, 0.15) is 22.2 Å². The van der Waals surface area contributed by atoms with Gasteiger partial charge in [-0.1, -0.05) is 6.07 Å². The van der Waals surface area contributed by atoms with Gasteiger partial charge >= 0.3 is 0 Å². The number of hydrogen-bond acceptors (Lipinski definition) is 6. The molecule has 7 nitrogen and oxygen atoms in total. The van der Waals surface area contributed by atoms with Gasteiger partial charge in [0.2, 0.25) is 6.79 Å². The summed E-state index contributed by atoms with van der Waals surface area (Å²) in [4.78, 5) is 17.1. The van der Waals surface area contributed by atoms with E-state index in [9.17, 15) is 9.18 Å². The number of halogens is 1. The maximum atomic E-state index is 13.3. The Bertz CT molecular complexity index is 1060. The van der Waals surface area contributed by atoms with E-state index in [4.69, 9.17) is 13.9 Å². The van der Waals surface area contributed by atoms with Crippen LogP contribution in [-0.4, -0.2) is 50.3 Å². The molecule has 0 unspecified atom stereocenters. The zero-order chi connectivity index (χ0) is 21.9. The first-order valence-corrected chi connectivity index (χ1v) is 10.6. The van der Waals surface area contributed by atoms with Crippen molar-refractivity contribution < 1.29 is 23.1 Å². The highest BCUT2D eigenvalue weighted by molar-refractivity contribution is 5.91. The van der Waals surface area contributed by atoms with Crippen molar-refractivity contribution in [2.75, 3.05) is 44.4 Å². The van der Waals surface area contributed by atoms with Gasteiger partial charge in [-0.3, -0.25) is 9.69 Å². The average molecular weight is 437 g/mol. The zero-order valence-electron chi connectivity index (χ0n) is 17.5. The Morgan fingerprint density at radius 2 is 1.78 bits per heavy atom. The summed E-state index contributed by atoms with van der Waals surface area (Å²) in [5.74, 6) is 1.26. The van der Waals surface area contributed by atoms with Crippen molar-refractivity contribution in [2.45, 2.75) is 6.04 Å². The monoisotopic (exact) mass is 437 g/mol. The predicted molar refractivity (Wildman–Crippen MR) is 117 cm³/mol. The van der Waals surface area contributed by atoms with Crippen LogP contribution in [-0.2, 0) is 0 Å². The van der Waals surface area contributed by atoms with Crippen LogP contribution in [0.25, 0.3) is 0 Å². The van der Waals surface area contributed by atoms with Gasteiger partial charge in [-0.25, -0.2) is 4.39 Å². The minimum atomic E-state index is -0.245. The van der Waals surface area contributed by atoms with Crippen LogP contribution in [0, 0.1) is 5.82 Å². The molecule has 2 aliphatic rings. The molecule has 0 radical (unpaired) electrons. The molecule has 166 valence electrons. The fourth-order valence-corrected chi connectivity index (χ4v) is 4.21. The molecule has 1 N–H and O–H groups in total. The molecule has 5 rings (SSSR count). The molecule has 0 saturated carbocycles. The first kappa shape index (κ1) is 20.4. The lowest BCUT2D eigenvalue weighted by molar-refractivity contribution is 0.0902. The Morgan fingerprint density at radius 1 is 1.00 bits per heavy atom. The number of nitrogens with one attached hydrogen (secondary N) is 1. The Hall–Kier alpha value is -3.52. The fraction of sp³-hybridized carbons (Fsp3) is 0.292. The van der Waals surface area contributed by atoms with Gasteiger partial charge in [0.1, 0.15) is 5.82 Å². The summed E-state index contributed by atoms with van der Waals surface area (Å²) in [5, 5.41) is 3.00. The number of ether oxygens (including phenoxy) is 2. The van der Waals surface area contributed by atoms with E-state index in [1.807, 2.05) is 30.3 Å². The summed E-state index contributed by atoms with van der Waals surface area (Å²) in [5.41, 5.74) is 2.06. The molecule has 1 aromatic heterocycles. The first-order chi connectivity index (χ1) is 15.7. The van der Waals surface area contributed by atoms with Crippen molar-refractivity contribution >= 4 is 11.6 Å². The highest BCUT2D eigenvalue weighted by atomic mass is 19.1. The third-order valence-electron chi connectivity index (χ3n) is 5.93. The molecular weight excluding hydrogens is 413 g/mol. The van der Waals surface area contributed by atoms with Gasteiger partial charge in [0.15, 0.2) is 17.3 Å². The standard InChI is InChI=1S/C24H24FN3O4/c25-18-4-6-19(7-5-18)27-9-11-28(12-10-27)20(15-26-24(29)22-2-1-13-30-22)17-3-8-21-23(14-17)32-16-31-21/h1-8,13-14,20H,9-12,15-16H2,(H,26,29)/t20-/m0/s1. The molecule has 1 saturated heterocycles. The van der Waals surface area contributed by atoms with E-state index >= 15 is 0 Å². The normalized spacial score (nSPS) is 16.7. The summed E-state index contributed by atoms with van der Waals surface area (Å²) in [6.07, 6.45) is 1.49. The quantitative estimate of drug-likeness (QED) is 0.637. The van der Waals surface area contributed by atoms with Crippen LogP contribution >= 0.6 is 0 Å². The molecule has 32 heavy (non-hydrogen) atoms. The van der Waals surface area contributed by atoms with Crippen LogP contribution in [0.4, 0.5) is 10.1 Å². The van der Waals surface area contributed by atoms with Gasteiger partial charge in [0, 0.05) is 38.4 Å². The number of anilines is 1. The highest BCUT2D eigenvalue weighted by Gasteiger charge is 2.27. The van der Waals surface area contributed by atoms with Crippen LogP contribution in [0.3, 0.4) is 0 Å². The number of carbonyl (C=O) groups excluding carboxylic acids is 1. The van der Waals surface area contributed by atoms with Crippen molar-refractivity contribution in [3.05, 3.63) is 78.0 Å². The van der Waals surface area contributed by atoms with E-state index in [-0.39, 0.29) is 30.3 Å². The second-order valence-electron chi connectivity index (χ2n) is 7.82. The second kappa shape index (κ2) is 8.92. The maximum absolute atomic E-state index is 13.3. The summed E-state index contributed by atoms with van der Waals surface area (Å²) in [6, 6.07) is 15.8. The third kappa shape index (κ3) is 4.27. The Labute approximate surface area is 185 Å². The van der Waals surface area contributed by atoms with E-state index in [0.717, 1.165) is 48.9 Å². The topological polar surface area (TPSA) is 67.2 Å². The molecular formula is C24H24FN3O4. The van der Waals surface area contributed by atoms with Gasteiger partial charge in [0.25, 0.3) is 5.91 Å². The summed E-state index contributed by atoms with van der Waals surface area (Å²) >= 11 is 0. The molecule has 3 aromatic rings. The molecule has 0 aliphatic carbocycles. The summed E-state index contributed by atoms with van der Waals surface area (Å²) in [7, 11) is 0. The Balaban J connectivity index is 1.31. The Morgan fingerprint density at radius 3 is 2.53 bits per heavy atom. The first-order valence-electron chi connectivity index (χ1n) is 10.6.